The minimum absolute atomic E-state index is 0.0191. The lowest BCUT2D eigenvalue weighted by Crippen LogP contribution is -2.67. The Balaban J connectivity index is 1.57. The lowest BCUT2D eigenvalue weighted by Gasteiger charge is -2.47. The predicted octanol–water partition coefficient (Wildman–Crippen LogP) is 2.12. The first-order chi connectivity index (χ1) is 16.4. The number of nitrogens with zero attached hydrogens (tertiary/aromatic N) is 2. The molecule has 1 atom stereocenters. The van der Waals surface area contributed by atoms with Crippen LogP contribution in [0.2, 0.25) is 5.02 Å². The molecule has 0 saturated carbocycles. The normalized spacial score (nSPS) is 19.3. The summed E-state index contributed by atoms with van der Waals surface area (Å²) >= 11 is 5.93. The number of hydrogen-bond acceptors (Lipinski definition) is 5. The van der Waals surface area contributed by atoms with Crippen LogP contribution in [0.5, 0.6) is 0 Å². The van der Waals surface area contributed by atoms with Gasteiger partial charge in [-0.25, -0.2) is 4.79 Å². The fraction of sp³-hybridized carbons (Fsp3) is 0.375. The van der Waals surface area contributed by atoms with Crippen LogP contribution in [0.3, 0.4) is 0 Å². The number of morpholine rings is 1. The second-order valence-corrected chi connectivity index (χ2v) is 8.82. The van der Waals surface area contributed by atoms with Crippen molar-refractivity contribution in [2.75, 3.05) is 38.2 Å². The number of likely N-dealkylation sites (tertiary alicyclic amines) is 1. The molecule has 10 heteroatoms. The van der Waals surface area contributed by atoms with Crippen LogP contribution in [0.25, 0.3) is 0 Å². The van der Waals surface area contributed by atoms with E-state index in [2.05, 4.69) is 10.6 Å². The van der Waals surface area contributed by atoms with Gasteiger partial charge in [0.05, 0.1) is 6.61 Å². The molecular formula is C24H28ClN5O4. The number of piperidine rings is 1. The van der Waals surface area contributed by atoms with Crippen LogP contribution >= 0.6 is 11.6 Å². The van der Waals surface area contributed by atoms with E-state index in [1.165, 1.54) is 0 Å². The van der Waals surface area contributed by atoms with Gasteiger partial charge in [-0.05, 0) is 37.1 Å². The maximum atomic E-state index is 13.0. The van der Waals surface area contributed by atoms with Crippen molar-refractivity contribution in [3.05, 3.63) is 65.2 Å². The van der Waals surface area contributed by atoms with E-state index in [0.717, 1.165) is 0 Å². The fourth-order valence-electron chi connectivity index (χ4n) is 4.66. The number of hydrogen-bond donors (Lipinski definition) is 3. The zero-order chi connectivity index (χ0) is 24.1. The highest BCUT2D eigenvalue weighted by Crippen LogP contribution is 2.31. The summed E-state index contributed by atoms with van der Waals surface area (Å²) in [6.07, 6.45) is 1.29. The predicted molar refractivity (Wildman–Crippen MR) is 128 cm³/mol. The summed E-state index contributed by atoms with van der Waals surface area (Å²) in [5.74, 6) is -0.708. The van der Waals surface area contributed by atoms with Gasteiger partial charge in [-0.2, -0.15) is 0 Å². The van der Waals surface area contributed by atoms with E-state index >= 15 is 0 Å². The number of primary amides is 1. The van der Waals surface area contributed by atoms with Gasteiger partial charge in [0.15, 0.2) is 0 Å². The van der Waals surface area contributed by atoms with Crippen molar-refractivity contribution in [1.82, 2.24) is 15.1 Å². The molecule has 34 heavy (non-hydrogen) atoms. The molecule has 4 amide bonds. The van der Waals surface area contributed by atoms with Crippen LogP contribution in [0.4, 0.5) is 10.5 Å². The number of benzene rings is 2. The number of ether oxygens (including phenoxy) is 1. The Labute approximate surface area is 203 Å². The summed E-state index contributed by atoms with van der Waals surface area (Å²) in [6, 6.07) is 15.1. The summed E-state index contributed by atoms with van der Waals surface area (Å²) in [6.45, 7) is 2.11. The average molecular weight is 486 g/mol. The number of nitrogens with two attached hydrogens (primary N) is 1. The third kappa shape index (κ3) is 5.01. The highest BCUT2D eigenvalue weighted by molar-refractivity contribution is 6.30. The molecule has 2 aliphatic rings. The molecule has 2 fully saturated rings. The molecule has 2 aromatic rings. The second kappa shape index (κ2) is 10.4. The standard InChI is InChI=1S/C24H28ClN5O4/c25-18-6-8-19(9-7-18)27-23(33)28-24(22(26)32,17-4-2-1-3-5-17)29-12-10-20(11-13-29)30-14-15-34-16-21(30)31/h1-9,20H,10-16H2,(H2,26,32)(H2,27,28,33)/t24-/m1/s1. The van der Waals surface area contributed by atoms with Gasteiger partial charge in [0.2, 0.25) is 11.6 Å². The SMILES string of the molecule is NC(=O)[C@@](NC(=O)Nc1ccc(Cl)cc1)(c1ccccc1)N1CCC(N2CCOCC2=O)CC1. The minimum atomic E-state index is -1.56. The van der Waals surface area contributed by atoms with Crippen molar-refractivity contribution in [2.45, 2.75) is 24.5 Å². The van der Waals surface area contributed by atoms with Crippen LogP contribution in [-0.2, 0) is 20.0 Å². The number of nitrogens with one attached hydrogen (secondary N) is 2. The number of carbonyl (C=O) groups is 3. The van der Waals surface area contributed by atoms with Crippen LogP contribution in [-0.4, -0.2) is 66.5 Å². The van der Waals surface area contributed by atoms with Gasteiger partial charge in [-0.3, -0.25) is 14.5 Å². The highest BCUT2D eigenvalue weighted by Gasteiger charge is 2.47. The molecule has 0 aromatic heterocycles. The Kier molecular flexibility index (Phi) is 7.35. The Hall–Kier alpha value is -3.14. The van der Waals surface area contributed by atoms with Crippen molar-refractivity contribution in [3.63, 3.8) is 0 Å². The third-order valence-corrected chi connectivity index (χ3v) is 6.60. The minimum Gasteiger partial charge on any atom is -0.370 e. The van der Waals surface area contributed by atoms with Crippen molar-refractivity contribution in [1.29, 1.82) is 0 Å². The first-order valence-corrected chi connectivity index (χ1v) is 11.6. The van der Waals surface area contributed by atoms with E-state index < -0.39 is 17.6 Å². The molecule has 0 spiro atoms. The molecule has 9 nitrogen and oxygen atoms in total. The van der Waals surface area contributed by atoms with Gasteiger partial charge in [0, 0.05) is 41.9 Å². The van der Waals surface area contributed by atoms with E-state index in [9.17, 15) is 14.4 Å². The van der Waals surface area contributed by atoms with Gasteiger partial charge in [-0.15, -0.1) is 0 Å². The van der Waals surface area contributed by atoms with Crippen molar-refractivity contribution in [3.8, 4) is 0 Å². The van der Waals surface area contributed by atoms with Crippen LogP contribution in [0.15, 0.2) is 54.6 Å². The average Bonchev–Trinajstić information content (AvgIpc) is 2.85. The molecule has 2 aliphatic heterocycles. The Morgan fingerprint density at radius 3 is 2.32 bits per heavy atom. The number of anilines is 1. The molecule has 4 N–H and O–H groups in total. The topological polar surface area (TPSA) is 117 Å². The quantitative estimate of drug-likeness (QED) is 0.579. The van der Waals surface area contributed by atoms with Crippen molar-refractivity contribution in [2.24, 2.45) is 5.73 Å². The molecule has 4 rings (SSSR count). The molecular weight excluding hydrogens is 458 g/mol. The third-order valence-electron chi connectivity index (χ3n) is 6.35. The lowest BCUT2D eigenvalue weighted by atomic mass is 9.92. The van der Waals surface area contributed by atoms with Crippen LogP contribution in [0.1, 0.15) is 18.4 Å². The molecule has 0 unspecified atom stereocenters. The summed E-state index contributed by atoms with van der Waals surface area (Å²) < 4.78 is 5.24. The Bertz CT molecular complexity index is 1030. The highest BCUT2D eigenvalue weighted by atomic mass is 35.5. The molecule has 2 heterocycles. The lowest BCUT2D eigenvalue weighted by molar-refractivity contribution is -0.148. The number of carbonyl (C=O) groups excluding carboxylic acids is 3. The monoisotopic (exact) mass is 485 g/mol. The number of urea groups is 1. The second-order valence-electron chi connectivity index (χ2n) is 8.38. The first kappa shape index (κ1) is 24.0. The van der Waals surface area contributed by atoms with Gasteiger partial charge < -0.3 is 26.0 Å². The zero-order valence-corrected chi connectivity index (χ0v) is 19.5. The number of amides is 4. The molecule has 0 aliphatic carbocycles. The molecule has 2 saturated heterocycles. The van der Waals surface area contributed by atoms with E-state index in [-0.39, 0.29) is 18.6 Å². The first-order valence-electron chi connectivity index (χ1n) is 11.2. The summed E-state index contributed by atoms with van der Waals surface area (Å²) in [5.41, 5.74) is 5.51. The van der Waals surface area contributed by atoms with Gasteiger partial charge in [0.25, 0.3) is 5.91 Å². The van der Waals surface area contributed by atoms with E-state index in [1.54, 1.807) is 48.5 Å². The smallest absolute Gasteiger partial charge is 0.321 e. The number of halogens is 1. The van der Waals surface area contributed by atoms with Gasteiger partial charge >= 0.3 is 6.03 Å². The Morgan fingerprint density at radius 2 is 1.71 bits per heavy atom. The maximum Gasteiger partial charge on any atom is 0.321 e. The van der Waals surface area contributed by atoms with E-state index in [0.29, 0.717) is 55.4 Å². The summed E-state index contributed by atoms with van der Waals surface area (Å²) in [4.78, 5) is 42.1. The zero-order valence-electron chi connectivity index (χ0n) is 18.7. The maximum absolute atomic E-state index is 13.0. The van der Waals surface area contributed by atoms with Crippen molar-refractivity contribution < 1.29 is 19.1 Å². The largest absolute Gasteiger partial charge is 0.370 e. The number of rotatable bonds is 6. The van der Waals surface area contributed by atoms with Gasteiger partial charge in [0.1, 0.15) is 6.61 Å². The van der Waals surface area contributed by atoms with Crippen molar-refractivity contribution >= 4 is 35.1 Å². The van der Waals surface area contributed by atoms with E-state index in [4.69, 9.17) is 22.1 Å². The molecule has 0 radical (unpaired) electrons. The van der Waals surface area contributed by atoms with Crippen LogP contribution < -0.4 is 16.4 Å². The summed E-state index contributed by atoms with van der Waals surface area (Å²) in [5, 5.41) is 6.14. The fourth-order valence-corrected chi connectivity index (χ4v) is 4.79. The van der Waals surface area contributed by atoms with E-state index in [1.807, 2.05) is 15.9 Å². The Morgan fingerprint density at radius 1 is 1.03 bits per heavy atom. The summed E-state index contributed by atoms with van der Waals surface area (Å²) in [7, 11) is 0. The molecule has 0 bridgehead atoms. The van der Waals surface area contributed by atoms with Gasteiger partial charge in [-0.1, -0.05) is 41.9 Å². The molecule has 180 valence electrons. The van der Waals surface area contributed by atoms with Crippen LogP contribution in [0, 0.1) is 0 Å². The molecule has 2 aromatic carbocycles.